The standard InChI is InChI=1S/C42H32N2O4/c1-3-7-25-13-17-29-27(21-25)15-19-39-31(29)23-33(41(45)47-39)35-9-5-11-37(43-35)38-12-6-10-36(44-38)34-24-32-30-18-14-26(8-4-2)22-28(30)16-20-40(32)48-42(34)46/h5-6,9-24H,3-4,7-8H2,1-2H3. The predicted octanol–water partition coefficient (Wildman–Crippen LogP) is 9.90. The number of nitrogens with zero attached hydrogens (tertiary/aromatic N) is 2. The average Bonchev–Trinajstić information content (AvgIpc) is 3.11. The van der Waals surface area contributed by atoms with Gasteiger partial charge in [-0.1, -0.05) is 87.4 Å². The molecule has 6 heteroatoms. The summed E-state index contributed by atoms with van der Waals surface area (Å²) < 4.78 is 11.6. The largest absolute Gasteiger partial charge is 0.422 e. The van der Waals surface area contributed by atoms with Gasteiger partial charge < -0.3 is 8.83 Å². The Kier molecular flexibility index (Phi) is 7.41. The second-order valence-electron chi connectivity index (χ2n) is 12.3. The summed E-state index contributed by atoms with van der Waals surface area (Å²) in [5.41, 5.74) is 5.54. The van der Waals surface area contributed by atoms with Crippen LogP contribution in [0.25, 0.3) is 77.4 Å². The molecule has 8 aromatic rings. The number of aryl methyl sites for hydroxylation is 2. The first-order valence-corrected chi connectivity index (χ1v) is 16.4. The molecule has 0 bridgehead atoms. The van der Waals surface area contributed by atoms with Crippen LogP contribution >= 0.6 is 0 Å². The molecule has 8 rings (SSSR count). The van der Waals surface area contributed by atoms with Gasteiger partial charge in [0.2, 0.25) is 0 Å². The van der Waals surface area contributed by atoms with E-state index in [1.807, 2.05) is 60.7 Å². The third-order valence-corrected chi connectivity index (χ3v) is 8.98. The molecule has 6 nitrogen and oxygen atoms in total. The summed E-state index contributed by atoms with van der Waals surface area (Å²) in [7, 11) is 0. The van der Waals surface area contributed by atoms with Crippen LogP contribution in [0.15, 0.2) is 128 Å². The number of fused-ring (bicyclic) bond motifs is 6. The van der Waals surface area contributed by atoms with Crippen molar-refractivity contribution < 1.29 is 8.83 Å². The lowest BCUT2D eigenvalue weighted by molar-refractivity contribution is 0.563. The number of hydrogen-bond donors (Lipinski definition) is 0. The van der Waals surface area contributed by atoms with Gasteiger partial charge in [-0.3, -0.25) is 0 Å². The molecule has 4 aromatic heterocycles. The summed E-state index contributed by atoms with van der Waals surface area (Å²) in [6.07, 6.45) is 4.17. The number of rotatable bonds is 7. The highest BCUT2D eigenvalue weighted by Gasteiger charge is 2.16. The molecule has 0 radical (unpaired) electrons. The van der Waals surface area contributed by atoms with E-state index in [4.69, 9.17) is 18.8 Å². The summed E-state index contributed by atoms with van der Waals surface area (Å²) in [4.78, 5) is 36.1. The quantitative estimate of drug-likeness (QED) is 0.129. The molecule has 0 amide bonds. The lowest BCUT2D eigenvalue weighted by Crippen LogP contribution is -2.05. The Hall–Kier alpha value is -5.88. The summed E-state index contributed by atoms with van der Waals surface area (Å²) in [6, 6.07) is 35.3. The van der Waals surface area contributed by atoms with E-state index in [0.29, 0.717) is 45.1 Å². The second kappa shape index (κ2) is 12.0. The minimum Gasteiger partial charge on any atom is -0.422 e. The molecule has 48 heavy (non-hydrogen) atoms. The topological polar surface area (TPSA) is 86.2 Å². The van der Waals surface area contributed by atoms with Crippen molar-refractivity contribution in [3.63, 3.8) is 0 Å². The number of benzene rings is 4. The molecule has 0 unspecified atom stereocenters. The molecule has 0 aliphatic carbocycles. The van der Waals surface area contributed by atoms with Gasteiger partial charge in [0.25, 0.3) is 0 Å². The van der Waals surface area contributed by atoms with Gasteiger partial charge in [-0.25, -0.2) is 19.6 Å². The van der Waals surface area contributed by atoms with E-state index in [9.17, 15) is 9.59 Å². The van der Waals surface area contributed by atoms with Gasteiger partial charge >= 0.3 is 11.3 Å². The highest BCUT2D eigenvalue weighted by atomic mass is 16.4. The van der Waals surface area contributed by atoms with Crippen molar-refractivity contribution in [3.8, 4) is 33.9 Å². The fourth-order valence-electron chi connectivity index (χ4n) is 6.66. The van der Waals surface area contributed by atoms with E-state index in [-0.39, 0.29) is 0 Å². The van der Waals surface area contributed by atoms with Crippen molar-refractivity contribution in [2.75, 3.05) is 0 Å². The summed E-state index contributed by atoms with van der Waals surface area (Å²) in [5.74, 6) is 0. The number of hydrogen-bond acceptors (Lipinski definition) is 6. The Balaban J connectivity index is 1.20. The molecule has 0 N–H and O–H groups in total. The molecular formula is C42H32N2O4. The maximum atomic E-state index is 13.2. The predicted molar refractivity (Wildman–Crippen MR) is 193 cm³/mol. The fraction of sp³-hybridized carbons (Fsp3) is 0.143. The normalized spacial score (nSPS) is 11.6. The van der Waals surface area contributed by atoms with E-state index in [0.717, 1.165) is 58.0 Å². The molecule has 4 aromatic carbocycles. The van der Waals surface area contributed by atoms with Gasteiger partial charge in [-0.2, -0.15) is 0 Å². The van der Waals surface area contributed by atoms with Gasteiger partial charge in [-0.15, -0.1) is 0 Å². The lowest BCUT2D eigenvalue weighted by atomic mass is 10.00. The van der Waals surface area contributed by atoms with Crippen LogP contribution in [-0.4, -0.2) is 9.97 Å². The molecule has 0 aliphatic heterocycles. The minimum atomic E-state index is -0.460. The highest BCUT2D eigenvalue weighted by Crippen LogP contribution is 2.31. The van der Waals surface area contributed by atoms with Crippen molar-refractivity contribution >= 4 is 43.5 Å². The van der Waals surface area contributed by atoms with Crippen LogP contribution in [0.2, 0.25) is 0 Å². The van der Waals surface area contributed by atoms with Crippen molar-refractivity contribution in [1.82, 2.24) is 9.97 Å². The Morgan fingerprint density at radius 1 is 0.479 bits per heavy atom. The fourth-order valence-corrected chi connectivity index (χ4v) is 6.66. The van der Waals surface area contributed by atoms with Crippen molar-refractivity contribution in [2.24, 2.45) is 0 Å². The third-order valence-electron chi connectivity index (χ3n) is 8.98. The second-order valence-corrected chi connectivity index (χ2v) is 12.3. The van der Waals surface area contributed by atoms with Gasteiger partial charge in [0.05, 0.1) is 33.9 Å². The smallest absolute Gasteiger partial charge is 0.345 e. The van der Waals surface area contributed by atoms with Crippen LogP contribution in [0.3, 0.4) is 0 Å². The number of pyridine rings is 2. The summed E-state index contributed by atoms with van der Waals surface area (Å²) >= 11 is 0. The monoisotopic (exact) mass is 628 g/mol. The van der Waals surface area contributed by atoms with E-state index in [2.05, 4.69) is 50.2 Å². The zero-order chi connectivity index (χ0) is 32.8. The van der Waals surface area contributed by atoms with Gasteiger partial charge in [0.1, 0.15) is 11.2 Å². The average molecular weight is 629 g/mol. The molecule has 0 saturated carbocycles. The van der Waals surface area contributed by atoms with Crippen LogP contribution < -0.4 is 11.3 Å². The third kappa shape index (κ3) is 5.25. The Morgan fingerprint density at radius 3 is 1.35 bits per heavy atom. The Labute approximate surface area is 276 Å². The highest BCUT2D eigenvalue weighted by molar-refractivity contribution is 6.07. The Morgan fingerprint density at radius 2 is 0.917 bits per heavy atom. The summed E-state index contributed by atoms with van der Waals surface area (Å²) in [5, 5.41) is 5.95. The van der Waals surface area contributed by atoms with E-state index in [1.54, 1.807) is 12.1 Å². The molecular weight excluding hydrogens is 596 g/mol. The van der Waals surface area contributed by atoms with Crippen molar-refractivity contribution in [2.45, 2.75) is 39.5 Å². The van der Waals surface area contributed by atoms with Crippen LogP contribution in [0.5, 0.6) is 0 Å². The molecule has 0 aliphatic rings. The first kappa shape index (κ1) is 29.5. The molecule has 0 fully saturated rings. The first-order valence-electron chi connectivity index (χ1n) is 16.4. The Bertz CT molecular complexity index is 2470. The molecule has 0 atom stereocenters. The molecule has 4 heterocycles. The van der Waals surface area contributed by atoms with Gasteiger partial charge in [-0.05, 0) is 94.0 Å². The lowest BCUT2D eigenvalue weighted by Gasteiger charge is -2.09. The van der Waals surface area contributed by atoms with E-state index in [1.165, 1.54) is 11.1 Å². The van der Waals surface area contributed by atoms with Crippen LogP contribution in [0, 0.1) is 0 Å². The number of aromatic nitrogens is 2. The van der Waals surface area contributed by atoms with Crippen LogP contribution in [0.1, 0.15) is 37.8 Å². The maximum absolute atomic E-state index is 13.2. The molecule has 0 saturated heterocycles. The zero-order valence-corrected chi connectivity index (χ0v) is 26.7. The zero-order valence-electron chi connectivity index (χ0n) is 26.7. The maximum Gasteiger partial charge on any atom is 0.345 e. The summed E-state index contributed by atoms with van der Waals surface area (Å²) in [6.45, 7) is 4.34. The SMILES string of the molecule is CCCc1ccc2c(ccc3oc(=O)c(-c4cccc(-c5cccc(-c6cc7c(ccc8cc(CCC)ccc87)oc6=O)n5)n4)cc32)c1. The van der Waals surface area contributed by atoms with Crippen LogP contribution in [0.4, 0.5) is 0 Å². The molecule has 234 valence electrons. The van der Waals surface area contributed by atoms with Gasteiger partial charge in [0, 0.05) is 10.8 Å². The minimum absolute atomic E-state index is 0.370. The first-order chi connectivity index (χ1) is 23.5. The van der Waals surface area contributed by atoms with Crippen molar-refractivity contribution in [1.29, 1.82) is 0 Å². The van der Waals surface area contributed by atoms with Crippen LogP contribution in [-0.2, 0) is 12.8 Å². The van der Waals surface area contributed by atoms with E-state index < -0.39 is 11.3 Å². The van der Waals surface area contributed by atoms with E-state index >= 15 is 0 Å². The molecule has 0 spiro atoms. The van der Waals surface area contributed by atoms with Gasteiger partial charge in [0.15, 0.2) is 0 Å². The van der Waals surface area contributed by atoms with Crippen molar-refractivity contribution in [3.05, 3.63) is 141 Å².